The Balaban J connectivity index is 1.95. The van der Waals surface area contributed by atoms with Crippen molar-refractivity contribution in [3.63, 3.8) is 0 Å². The van der Waals surface area contributed by atoms with Crippen LogP contribution in [0.15, 0.2) is 48.8 Å². The Bertz CT molecular complexity index is 566. The fourth-order valence-corrected chi connectivity index (χ4v) is 2.16. The second-order valence-corrected chi connectivity index (χ2v) is 4.91. The molecule has 1 heterocycles. The number of rotatable bonds is 6. The van der Waals surface area contributed by atoms with Crippen LogP contribution in [0.4, 0.5) is 0 Å². The number of aromatic nitrogens is 1. The Labute approximate surface area is 119 Å². The number of pyridine rings is 1. The number of benzene rings is 1. The van der Waals surface area contributed by atoms with Crippen molar-refractivity contribution in [1.29, 1.82) is 5.41 Å². The fourth-order valence-electron chi connectivity index (χ4n) is 2.16. The lowest BCUT2D eigenvalue weighted by Crippen LogP contribution is -2.23. The molecule has 2 aromatic rings. The Kier molecular flexibility index (Phi) is 4.85. The van der Waals surface area contributed by atoms with Gasteiger partial charge in [0.25, 0.3) is 0 Å². The van der Waals surface area contributed by atoms with E-state index < -0.39 is 0 Å². The molecule has 0 spiro atoms. The van der Waals surface area contributed by atoms with Crippen molar-refractivity contribution in [3.8, 4) is 0 Å². The topological polar surface area (TPSA) is 66.0 Å². The van der Waals surface area contributed by atoms with Gasteiger partial charge in [-0.25, -0.2) is 0 Å². The first-order valence-electron chi connectivity index (χ1n) is 6.66. The van der Waals surface area contributed by atoms with Crippen LogP contribution in [0, 0.1) is 5.41 Å². The zero-order valence-corrected chi connectivity index (χ0v) is 11.7. The molecule has 104 valence electrons. The molecule has 2 rings (SSSR count). The molecule has 0 atom stereocenters. The van der Waals surface area contributed by atoms with Gasteiger partial charge in [0.1, 0.15) is 5.84 Å². The van der Waals surface area contributed by atoms with E-state index >= 15 is 0 Å². The first kappa shape index (κ1) is 14.2. The predicted octanol–water partition coefficient (Wildman–Crippen LogP) is 2.04. The minimum atomic E-state index is 0.128. The Morgan fingerprint density at radius 2 is 1.90 bits per heavy atom. The maximum absolute atomic E-state index is 7.61. The number of nitrogens with two attached hydrogens (primary N) is 1. The van der Waals surface area contributed by atoms with E-state index in [0.717, 1.165) is 30.6 Å². The molecule has 3 N–H and O–H groups in total. The maximum atomic E-state index is 7.61. The van der Waals surface area contributed by atoms with Gasteiger partial charge in [-0.3, -0.25) is 10.4 Å². The van der Waals surface area contributed by atoms with Crippen molar-refractivity contribution in [2.45, 2.75) is 13.0 Å². The van der Waals surface area contributed by atoms with Crippen LogP contribution >= 0.6 is 0 Å². The van der Waals surface area contributed by atoms with Gasteiger partial charge in [0.2, 0.25) is 0 Å². The number of amidine groups is 1. The molecule has 1 aromatic carbocycles. The van der Waals surface area contributed by atoms with Crippen molar-refractivity contribution >= 4 is 5.84 Å². The summed E-state index contributed by atoms with van der Waals surface area (Å²) in [7, 11) is 2.08. The molecule has 0 bridgehead atoms. The van der Waals surface area contributed by atoms with Crippen LogP contribution in [0.2, 0.25) is 0 Å². The summed E-state index contributed by atoms with van der Waals surface area (Å²) in [5, 5.41) is 7.61. The van der Waals surface area contributed by atoms with Crippen molar-refractivity contribution in [2.24, 2.45) is 5.73 Å². The summed E-state index contributed by atoms with van der Waals surface area (Å²) in [5.41, 5.74) is 8.81. The van der Waals surface area contributed by atoms with E-state index in [4.69, 9.17) is 11.1 Å². The molecule has 20 heavy (non-hydrogen) atoms. The summed E-state index contributed by atoms with van der Waals surface area (Å²) in [5.74, 6) is 0.128. The number of nitrogens with zero attached hydrogens (tertiary/aromatic N) is 2. The second-order valence-electron chi connectivity index (χ2n) is 4.91. The summed E-state index contributed by atoms with van der Waals surface area (Å²) in [6, 6.07) is 11.9. The molecule has 0 radical (unpaired) electrons. The van der Waals surface area contributed by atoms with Crippen LogP contribution in [0.3, 0.4) is 0 Å². The third-order valence-corrected chi connectivity index (χ3v) is 3.28. The van der Waals surface area contributed by atoms with Crippen molar-refractivity contribution < 1.29 is 0 Å². The summed E-state index contributed by atoms with van der Waals surface area (Å²) in [6.07, 6.45) is 4.63. The minimum Gasteiger partial charge on any atom is -0.384 e. The van der Waals surface area contributed by atoms with Gasteiger partial charge in [-0.2, -0.15) is 0 Å². The van der Waals surface area contributed by atoms with Gasteiger partial charge in [-0.05, 0) is 36.7 Å². The predicted molar refractivity (Wildman–Crippen MR) is 81.7 cm³/mol. The molecule has 1 aromatic heterocycles. The van der Waals surface area contributed by atoms with Crippen LogP contribution in [0.1, 0.15) is 16.7 Å². The van der Waals surface area contributed by atoms with Gasteiger partial charge in [0.15, 0.2) is 0 Å². The van der Waals surface area contributed by atoms with Crippen LogP contribution < -0.4 is 5.73 Å². The lowest BCUT2D eigenvalue weighted by atomic mass is 10.1. The van der Waals surface area contributed by atoms with E-state index in [1.54, 1.807) is 0 Å². The molecule has 4 nitrogen and oxygen atoms in total. The lowest BCUT2D eigenvalue weighted by molar-refractivity contribution is 0.331. The highest BCUT2D eigenvalue weighted by molar-refractivity contribution is 5.96. The monoisotopic (exact) mass is 268 g/mol. The summed E-state index contributed by atoms with van der Waals surface area (Å²) < 4.78 is 0. The summed E-state index contributed by atoms with van der Waals surface area (Å²) in [4.78, 5) is 6.26. The summed E-state index contributed by atoms with van der Waals surface area (Å²) >= 11 is 0. The fraction of sp³-hybridized carbons (Fsp3) is 0.250. The number of nitrogen functional groups attached to an aromatic ring is 1. The minimum absolute atomic E-state index is 0.128. The zero-order valence-electron chi connectivity index (χ0n) is 11.7. The average Bonchev–Trinajstić information content (AvgIpc) is 2.46. The van der Waals surface area contributed by atoms with Gasteiger partial charge in [0.05, 0.1) is 0 Å². The van der Waals surface area contributed by atoms with Crippen LogP contribution in [0.25, 0.3) is 0 Å². The van der Waals surface area contributed by atoms with Gasteiger partial charge in [0, 0.05) is 31.0 Å². The van der Waals surface area contributed by atoms with Gasteiger partial charge in [-0.15, -0.1) is 0 Å². The van der Waals surface area contributed by atoms with Crippen LogP contribution in [0.5, 0.6) is 0 Å². The van der Waals surface area contributed by atoms with E-state index in [1.165, 1.54) is 5.56 Å². The van der Waals surface area contributed by atoms with E-state index in [9.17, 15) is 0 Å². The van der Waals surface area contributed by atoms with Gasteiger partial charge < -0.3 is 10.6 Å². The number of nitrogens with one attached hydrogen (secondary N) is 1. The highest BCUT2D eigenvalue weighted by atomic mass is 15.1. The molecule has 0 amide bonds. The van der Waals surface area contributed by atoms with Gasteiger partial charge in [-0.1, -0.05) is 24.3 Å². The smallest absolute Gasteiger partial charge is 0.123 e. The average molecular weight is 268 g/mol. The molecule has 0 saturated heterocycles. The molecule has 0 aliphatic rings. The molecule has 0 aliphatic carbocycles. The first-order valence-corrected chi connectivity index (χ1v) is 6.66. The third kappa shape index (κ3) is 3.90. The highest BCUT2D eigenvalue weighted by Gasteiger charge is 2.07. The normalized spacial score (nSPS) is 10.7. The third-order valence-electron chi connectivity index (χ3n) is 3.28. The van der Waals surface area contributed by atoms with Crippen molar-refractivity contribution in [3.05, 3.63) is 65.5 Å². The molecule has 0 aliphatic heterocycles. The SMILES string of the molecule is CN(CCc1ccncc1)Cc1ccccc1C(=N)N. The zero-order chi connectivity index (χ0) is 14.4. The molecular weight excluding hydrogens is 248 g/mol. The Morgan fingerprint density at radius 1 is 1.20 bits per heavy atom. The largest absolute Gasteiger partial charge is 0.384 e. The first-order chi connectivity index (χ1) is 9.66. The molecular formula is C16H20N4. The van der Waals surface area contributed by atoms with E-state index in [-0.39, 0.29) is 5.84 Å². The molecule has 0 unspecified atom stereocenters. The van der Waals surface area contributed by atoms with Crippen LogP contribution in [-0.4, -0.2) is 29.3 Å². The van der Waals surface area contributed by atoms with Crippen molar-refractivity contribution in [2.75, 3.05) is 13.6 Å². The number of likely N-dealkylation sites (N-methyl/N-ethyl adjacent to an activating group) is 1. The number of hydrogen-bond acceptors (Lipinski definition) is 3. The van der Waals surface area contributed by atoms with Crippen molar-refractivity contribution in [1.82, 2.24) is 9.88 Å². The lowest BCUT2D eigenvalue weighted by Gasteiger charge is -2.18. The second kappa shape index (κ2) is 6.82. The standard InChI is InChI=1S/C16H20N4/c1-20(11-8-13-6-9-19-10-7-13)12-14-4-2-3-5-15(14)16(17)18/h2-7,9-10H,8,11-12H2,1H3,(H3,17,18). The quantitative estimate of drug-likeness (QED) is 0.622. The summed E-state index contributed by atoms with van der Waals surface area (Å²) in [6.45, 7) is 1.75. The highest BCUT2D eigenvalue weighted by Crippen LogP contribution is 2.11. The molecule has 4 heteroatoms. The van der Waals surface area contributed by atoms with Gasteiger partial charge >= 0.3 is 0 Å². The van der Waals surface area contributed by atoms with E-state index in [0.29, 0.717) is 0 Å². The number of hydrogen-bond donors (Lipinski definition) is 2. The van der Waals surface area contributed by atoms with E-state index in [1.807, 2.05) is 48.8 Å². The molecule has 0 fully saturated rings. The van der Waals surface area contributed by atoms with Crippen LogP contribution in [-0.2, 0) is 13.0 Å². The molecule has 0 saturated carbocycles. The Morgan fingerprint density at radius 3 is 2.60 bits per heavy atom. The van der Waals surface area contributed by atoms with E-state index in [2.05, 4.69) is 16.9 Å². The Hall–Kier alpha value is -2.20. The maximum Gasteiger partial charge on any atom is 0.123 e.